The van der Waals surface area contributed by atoms with Crippen LogP contribution in [0.5, 0.6) is 0 Å². The number of rotatable bonds is 3. The molecule has 0 aliphatic carbocycles. The Balaban J connectivity index is 2.51. The fourth-order valence-electron chi connectivity index (χ4n) is 1.82. The van der Waals surface area contributed by atoms with Crippen LogP contribution in [0.25, 0.3) is 11.1 Å². The Morgan fingerprint density at radius 1 is 1.44 bits per heavy atom. The monoisotopic (exact) mass is 249 g/mol. The van der Waals surface area contributed by atoms with Crippen molar-refractivity contribution in [1.82, 2.24) is 4.57 Å². The summed E-state index contributed by atoms with van der Waals surface area (Å²) in [6.45, 7) is 4.68. The average molecular weight is 249 g/mol. The van der Waals surface area contributed by atoms with Crippen LogP contribution in [0.3, 0.4) is 0 Å². The molecule has 5 nitrogen and oxygen atoms in total. The number of nitrogens with two attached hydrogens (primary N) is 1. The number of likely N-dealkylation sites (N-methyl/N-ethyl adjacent to an activating group) is 1. The number of fused-ring (bicyclic) bond motifs is 1. The van der Waals surface area contributed by atoms with E-state index in [4.69, 9.17) is 10.2 Å². The van der Waals surface area contributed by atoms with Gasteiger partial charge in [0.25, 0.3) is 0 Å². The number of aromatic nitrogens is 1. The third-order valence-corrected chi connectivity index (χ3v) is 3.57. The molecule has 2 rings (SSSR count). The topological polar surface area (TPSA) is 64.4 Å². The maximum atomic E-state index is 11.4. The van der Waals surface area contributed by atoms with Crippen molar-refractivity contribution < 1.29 is 4.42 Å². The summed E-state index contributed by atoms with van der Waals surface area (Å²) in [7, 11) is 3.68. The third kappa shape index (κ3) is 1.90. The summed E-state index contributed by atoms with van der Waals surface area (Å²) in [5.41, 5.74) is 7.99. The van der Waals surface area contributed by atoms with Crippen molar-refractivity contribution in [3.05, 3.63) is 28.7 Å². The molecule has 0 fully saturated rings. The summed E-state index contributed by atoms with van der Waals surface area (Å²) in [6.07, 6.45) is 0. The Morgan fingerprint density at radius 3 is 2.72 bits per heavy atom. The predicted octanol–water partition coefficient (Wildman–Crippen LogP) is 1.31. The minimum absolute atomic E-state index is 0.150. The molecule has 0 radical (unpaired) electrons. The van der Waals surface area contributed by atoms with Crippen molar-refractivity contribution in [2.24, 2.45) is 12.8 Å². The van der Waals surface area contributed by atoms with Crippen molar-refractivity contribution in [2.45, 2.75) is 19.4 Å². The molecule has 1 heterocycles. The highest BCUT2D eigenvalue weighted by Crippen LogP contribution is 2.25. The van der Waals surface area contributed by atoms with Crippen LogP contribution >= 0.6 is 0 Å². The van der Waals surface area contributed by atoms with Gasteiger partial charge in [0, 0.05) is 37.9 Å². The first kappa shape index (κ1) is 12.7. The van der Waals surface area contributed by atoms with E-state index >= 15 is 0 Å². The van der Waals surface area contributed by atoms with E-state index in [0.29, 0.717) is 12.1 Å². The van der Waals surface area contributed by atoms with E-state index in [2.05, 4.69) is 18.7 Å². The number of hydrogen-bond donors (Lipinski definition) is 1. The van der Waals surface area contributed by atoms with Crippen LogP contribution in [-0.4, -0.2) is 23.7 Å². The van der Waals surface area contributed by atoms with Gasteiger partial charge in [0.15, 0.2) is 5.58 Å². The highest BCUT2D eigenvalue weighted by Gasteiger charge is 2.22. The second-order valence-corrected chi connectivity index (χ2v) is 5.15. The maximum Gasteiger partial charge on any atom is 0.419 e. The number of nitrogens with zero attached hydrogens (tertiary/aromatic N) is 2. The molecule has 0 aliphatic rings. The van der Waals surface area contributed by atoms with Gasteiger partial charge >= 0.3 is 5.76 Å². The smallest absolute Gasteiger partial charge is 0.408 e. The van der Waals surface area contributed by atoms with E-state index in [1.807, 2.05) is 25.2 Å². The SMILES string of the molecule is CN(c1ccc2c(c1)oc(=O)n2C)C(C)(C)CN. The fourth-order valence-corrected chi connectivity index (χ4v) is 1.82. The molecule has 2 aromatic rings. The Bertz CT molecular complexity index is 625. The van der Waals surface area contributed by atoms with E-state index in [1.54, 1.807) is 7.05 Å². The molecule has 1 aromatic carbocycles. The molecule has 0 atom stereocenters. The van der Waals surface area contributed by atoms with Crippen LogP contribution in [0.15, 0.2) is 27.4 Å². The van der Waals surface area contributed by atoms with E-state index in [9.17, 15) is 4.79 Å². The predicted molar refractivity (Wildman–Crippen MR) is 73.0 cm³/mol. The van der Waals surface area contributed by atoms with E-state index < -0.39 is 0 Å². The van der Waals surface area contributed by atoms with Crippen LogP contribution in [0, 0.1) is 0 Å². The van der Waals surface area contributed by atoms with Gasteiger partial charge in [-0.1, -0.05) is 0 Å². The largest absolute Gasteiger partial charge is 0.419 e. The van der Waals surface area contributed by atoms with Crippen LogP contribution in [0.1, 0.15) is 13.8 Å². The van der Waals surface area contributed by atoms with Gasteiger partial charge in [-0.2, -0.15) is 0 Å². The summed E-state index contributed by atoms with van der Waals surface area (Å²) in [4.78, 5) is 13.5. The summed E-state index contributed by atoms with van der Waals surface area (Å²) < 4.78 is 6.68. The fraction of sp³-hybridized carbons (Fsp3) is 0.462. The van der Waals surface area contributed by atoms with Crippen molar-refractivity contribution >= 4 is 16.8 Å². The third-order valence-electron chi connectivity index (χ3n) is 3.57. The van der Waals surface area contributed by atoms with Crippen molar-refractivity contribution in [3.63, 3.8) is 0 Å². The Morgan fingerprint density at radius 2 is 2.11 bits per heavy atom. The Labute approximate surface area is 106 Å². The first-order valence-corrected chi connectivity index (χ1v) is 5.90. The lowest BCUT2D eigenvalue weighted by atomic mass is 10.0. The molecule has 0 saturated carbocycles. The zero-order chi connectivity index (χ0) is 13.5. The van der Waals surface area contributed by atoms with E-state index in [1.165, 1.54) is 4.57 Å². The second-order valence-electron chi connectivity index (χ2n) is 5.15. The Hall–Kier alpha value is -1.75. The molecule has 2 N–H and O–H groups in total. The first-order valence-electron chi connectivity index (χ1n) is 5.90. The number of aryl methyl sites for hydroxylation is 1. The lowest BCUT2D eigenvalue weighted by molar-refractivity contribution is 0.498. The molecule has 18 heavy (non-hydrogen) atoms. The molecular formula is C13H19N3O2. The molecule has 0 spiro atoms. The molecular weight excluding hydrogens is 230 g/mol. The van der Waals surface area contributed by atoms with Gasteiger partial charge in [-0.05, 0) is 26.0 Å². The Kier molecular flexibility index (Phi) is 2.94. The van der Waals surface area contributed by atoms with E-state index in [-0.39, 0.29) is 11.3 Å². The summed E-state index contributed by atoms with van der Waals surface area (Å²) >= 11 is 0. The molecule has 0 aliphatic heterocycles. The number of hydrogen-bond acceptors (Lipinski definition) is 4. The molecule has 0 bridgehead atoms. The number of anilines is 1. The highest BCUT2D eigenvalue weighted by molar-refractivity contribution is 5.78. The summed E-state index contributed by atoms with van der Waals surface area (Å²) in [6, 6.07) is 5.72. The van der Waals surface area contributed by atoms with Gasteiger partial charge in [-0.3, -0.25) is 4.57 Å². The maximum absolute atomic E-state index is 11.4. The zero-order valence-corrected chi connectivity index (χ0v) is 11.2. The van der Waals surface area contributed by atoms with Gasteiger partial charge in [0.1, 0.15) is 0 Å². The van der Waals surface area contributed by atoms with Crippen LogP contribution < -0.4 is 16.4 Å². The van der Waals surface area contributed by atoms with Gasteiger partial charge in [0.2, 0.25) is 0 Å². The first-order chi connectivity index (χ1) is 8.36. The van der Waals surface area contributed by atoms with Crippen molar-refractivity contribution in [3.8, 4) is 0 Å². The normalized spacial score (nSPS) is 12.1. The molecule has 0 amide bonds. The molecule has 1 aromatic heterocycles. The van der Waals surface area contributed by atoms with Gasteiger partial charge in [0.05, 0.1) is 5.52 Å². The zero-order valence-electron chi connectivity index (χ0n) is 11.2. The molecule has 98 valence electrons. The van der Waals surface area contributed by atoms with E-state index in [0.717, 1.165) is 11.2 Å². The summed E-state index contributed by atoms with van der Waals surface area (Å²) in [5.74, 6) is -0.345. The molecule has 0 saturated heterocycles. The molecule has 0 unspecified atom stereocenters. The molecule has 5 heteroatoms. The van der Waals surface area contributed by atoms with Gasteiger partial charge in [-0.25, -0.2) is 4.79 Å². The standard InChI is InChI=1S/C13H19N3O2/c1-13(2,8-14)16(4)9-5-6-10-11(7-9)18-12(17)15(10)3/h5-7H,8,14H2,1-4H3. The van der Waals surface area contributed by atoms with Crippen LogP contribution in [-0.2, 0) is 7.05 Å². The minimum atomic E-state index is -0.345. The number of benzene rings is 1. The highest BCUT2D eigenvalue weighted by atomic mass is 16.4. The van der Waals surface area contributed by atoms with Crippen molar-refractivity contribution in [2.75, 3.05) is 18.5 Å². The lowest BCUT2D eigenvalue weighted by Gasteiger charge is -2.36. The lowest BCUT2D eigenvalue weighted by Crippen LogP contribution is -2.47. The van der Waals surface area contributed by atoms with Crippen LogP contribution in [0.2, 0.25) is 0 Å². The van der Waals surface area contributed by atoms with Crippen LogP contribution in [0.4, 0.5) is 5.69 Å². The second kappa shape index (κ2) is 4.17. The quantitative estimate of drug-likeness (QED) is 0.890. The van der Waals surface area contributed by atoms with Gasteiger partial charge < -0.3 is 15.1 Å². The minimum Gasteiger partial charge on any atom is -0.408 e. The average Bonchev–Trinajstić information content (AvgIpc) is 2.63. The number of oxazole rings is 1. The van der Waals surface area contributed by atoms with Gasteiger partial charge in [-0.15, -0.1) is 0 Å². The van der Waals surface area contributed by atoms with Crippen molar-refractivity contribution in [1.29, 1.82) is 0 Å². The summed E-state index contributed by atoms with van der Waals surface area (Å²) in [5, 5.41) is 0.